The van der Waals surface area contributed by atoms with E-state index in [1.807, 2.05) is 17.5 Å². The molecular weight excluding hydrogens is 249 g/mol. The first-order valence-electron chi connectivity index (χ1n) is 5.37. The lowest BCUT2D eigenvalue weighted by Crippen LogP contribution is -1.84. The number of hydrogen-bond donors (Lipinski definition) is 0. The first kappa shape index (κ1) is 12.6. The molecule has 0 atom stereocenters. The van der Waals surface area contributed by atoms with E-state index in [1.54, 1.807) is 37.6 Å². The molecule has 0 fully saturated rings. The summed E-state index contributed by atoms with van der Waals surface area (Å²) >= 11 is 1.43. The van der Waals surface area contributed by atoms with Crippen LogP contribution in [0.1, 0.15) is 5.56 Å². The molecule has 0 bridgehead atoms. The summed E-state index contributed by atoms with van der Waals surface area (Å²) in [5.41, 5.74) is 0.568. The lowest BCUT2D eigenvalue weighted by Gasteiger charge is -1.99. The van der Waals surface area contributed by atoms with Gasteiger partial charge in [0.25, 0.3) is 0 Å². The molecule has 1 aromatic carbocycles. The van der Waals surface area contributed by atoms with Gasteiger partial charge < -0.3 is 4.74 Å². The van der Waals surface area contributed by atoms with Crippen molar-refractivity contribution in [3.8, 4) is 5.75 Å². The quantitative estimate of drug-likeness (QED) is 0.777. The van der Waals surface area contributed by atoms with Crippen LogP contribution in [0.5, 0.6) is 5.75 Å². The Bertz CT molecular complexity index is 540. The number of nitrogens with zero attached hydrogens (tertiary/aromatic N) is 1. The third-order valence-electron chi connectivity index (χ3n) is 2.29. The van der Waals surface area contributed by atoms with Crippen LogP contribution in [0.3, 0.4) is 0 Å². The fourth-order valence-electron chi connectivity index (χ4n) is 1.34. The molecule has 0 saturated carbocycles. The predicted molar refractivity (Wildman–Crippen MR) is 72.1 cm³/mol. The maximum Gasteiger partial charge on any atom is 0.137 e. The van der Waals surface area contributed by atoms with E-state index >= 15 is 0 Å². The second-order valence-corrected chi connectivity index (χ2v) is 4.40. The van der Waals surface area contributed by atoms with Crippen molar-refractivity contribution < 1.29 is 9.13 Å². The smallest absolute Gasteiger partial charge is 0.137 e. The van der Waals surface area contributed by atoms with Crippen molar-refractivity contribution in [3.05, 3.63) is 59.4 Å². The molecule has 18 heavy (non-hydrogen) atoms. The zero-order valence-corrected chi connectivity index (χ0v) is 10.7. The number of aromatic nitrogens is 1. The van der Waals surface area contributed by atoms with Gasteiger partial charge in [0.15, 0.2) is 0 Å². The molecule has 0 unspecified atom stereocenters. The van der Waals surface area contributed by atoms with E-state index in [2.05, 4.69) is 4.98 Å². The molecule has 0 aliphatic heterocycles. The molecule has 0 aliphatic carbocycles. The molecule has 0 saturated heterocycles. The van der Waals surface area contributed by atoms with Gasteiger partial charge in [-0.25, -0.2) is 9.37 Å². The standard InChI is InChI=1S/C14H12FNOS/c1-17-12-6-7-14(16-10-12)18-9-8-11-4-2-3-5-13(11)15/h2-10H,1H3/b9-8+. The zero-order chi connectivity index (χ0) is 12.8. The highest BCUT2D eigenvalue weighted by atomic mass is 32.2. The number of ether oxygens (including phenoxy) is 1. The molecule has 4 heteroatoms. The average Bonchev–Trinajstić information content (AvgIpc) is 2.42. The van der Waals surface area contributed by atoms with Crippen LogP contribution in [0, 0.1) is 5.82 Å². The van der Waals surface area contributed by atoms with Crippen molar-refractivity contribution in [2.75, 3.05) is 7.11 Å². The molecular formula is C14H12FNOS. The summed E-state index contributed by atoms with van der Waals surface area (Å²) in [6.45, 7) is 0. The molecule has 2 nitrogen and oxygen atoms in total. The van der Waals surface area contributed by atoms with Crippen LogP contribution >= 0.6 is 11.8 Å². The Morgan fingerprint density at radius 1 is 1.22 bits per heavy atom. The van der Waals surface area contributed by atoms with Crippen molar-refractivity contribution in [3.63, 3.8) is 0 Å². The van der Waals surface area contributed by atoms with Crippen molar-refractivity contribution >= 4 is 17.8 Å². The van der Waals surface area contributed by atoms with Gasteiger partial charge in [0.05, 0.1) is 13.3 Å². The van der Waals surface area contributed by atoms with E-state index in [0.717, 1.165) is 10.8 Å². The average molecular weight is 261 g/mol. The highest BCUT2D eigenvalue weighted by Crippen LogP contribution is 2.20. The van der Waals surface area contributed by atoms with Crippen LogP contribution < -0.4 is 4.74 Å². The number of thioether (sulfide) groups is 1. The largest absolute Gasteiger partial charge is 0.495 e. The van der Waals surface area contributed by atoms with Crippen LogP contribution in [-0.4, -0.2) is 12.1 Å². The van der Waals surface area contributed by atoms with E-state index in [0.29, 0.717) is 5.56 Å². The van der Waals surface area contributed by atoms with Crippen LogP contribution in [-0.2, 0) is 0 Å². The van der Waals surface area contributed by atoms with Crippen LogP contribution in [0.4, 0.5) is 4.39 Å². The van der Waals surface area contributed by atoms with Gasteiger partial charge >= 0.3 is 0 Å². The Morgan fingerprint density at radius 2 is 2.06 bits per heavy atom. The maximum atomic E-state index is 13.3. The van der Waals surface area contributed by atoms with Crippen molar-refractivity contribution in [1.82, 2.24) is 4.98 Å². The van der Waals surface area contributed by atoms with Crippen LogP contribution in [0.15, 0.2) is 53.0 Å². The number of benzene rings is 1. The second kappa shape index (κ2) is 6.21. The molecule has 0 aliphatic rings. The number of hydrogen-bond acceptors (Lipinski definition) is 3. The molecule has 0 N–H and O–H groups in total. The summed E-state index contributed by atoms with van der Waals surface area (Å²) in [6.07, 6.45) is 3.38. The molecule has 1 aromatic heterocycles. The summed E-state index contributed by atoms with van der Waals surface area (Å²) in [5.74, 6) is 0.495. The third-order valence-corrected chi connectivity index (χ3v) is 3.04. The van der Waals surface area contributed by atoms with Gasteiger partial charge in [0, 0.05) is 5.56 Å². The molecule has 0 spiro atoms. The van der Waals surface area contributed by atoms with Crippen LogP contribution in [0.25, 0.3) is 6.08 Å². The highest BCUT2D eigenvalue weighted by molar-refractivity contribution is 8.02. The minimum atomic E-state index is -0.225. The van der Waals surface area contributed by atoms with E-state index < -0.39 is 0 Å². The second-order valence-electron chi connectivity index (χ2n) is 3.48. The lowest BCUT2D eigenvalue weighted by atomic mass is 10.2. The normalized spacial score (nSPS) is 10.8. The van der Waals surface area contributed by atoms with Crippen molar-refractivity contribution in [2.45, 2.75) is 5.03 Å². The summed E-state index contributed by atoms with van der Waals surface area (Å²) in [5, 5.41) is 2.65. The van der Waals surface area contributed by atoms with Gasteiger partial charge in [-0.2, -0.15) is 0 Å². The van der Waals surface area contributed by atoms with Gasteiger partial charge in [-0.05, 0) is 29.7 Å². The number of rotatable bonds is 4. The molecule has 92 valence electrons. The summed E-state index contributed by atoms with van der Waals surface area (Å²) in [6, 6.07) is 10.3. The fraction of sp³-hybridized carbons (Fsp3) is 0.0714. The third kappa shape index (κ3) is 3.34. The van der Waals surface area contributed by atoms with Gasteiger partial charge in [-0.3, -0.25) is 0 Å². The highest BCUT2D eigenvalue weighted by Gasteiger charge is 1.96. The summed E-state index contributed by atoms with van der Waals surface area (Å²) < 4.78 is 18.3. The van der Waals surface area contributed by atoms with Gasteiger partial charge in [0.1, 0.15) is 16.6 Å². The fourth-order valence-corrected chi connectivity index (χ4v) is 1.96. The summed E-state index contributed by atoms with van der Waals surface area (Å²) in [7, 11) is 1.60. The lowest BCUT2D eigenvalue weighted by molar-refractivity contribution is 0.412. The number of methoxy groups -OCH3 is 1. The minimum Gasteiger partial charge on any atom is -0.495 e. The molecule has 2 aromatic rings. The van der Waals surface area contributed by atoms with E-state index in [9.17, 15) is 4.39 Å². The van der Waals surface area contributed by atoms with Crippen molar-refractivity contribution in [1.29, 1.82) is 0 Å². The molecule has 2 rings (SSSR count). The van der Waals surface area contributed by atoms with E-state index in [-0.39, 0.29) is 5.82 Å². The first-order chi connectivity index (χ1) is 8.79. The Morgan fingerprint density at radius 3 is 2.72 bits per heavy atom. The van der Waals surface area contributed by atoms with Crippen molar-refractivity contribution in [2.24, 2.45) is 0 Å². The van der Waals surface area contributed by atoms with Gasteiger partial charge in [-0.15, -0.1) is 0 Å². The van der Waals surface area contributed by atoms with E-state index in [4.69, 9.17) is 4.74 Å². The Labute approximate surface area is 110 Å². The number of pyridine rings is 1. The van der Waals surface area contributed by atoms with Gasteiger partial charge in [0.2, 0.25) is 0 Å². The number of halogens is 1. The zero-order valence-electron chi connectivity index (χ0n) is 9.84. The SMILES string of the molecule is COc1ccc(S/C=C/c2ccccc2F)nc1. The van der Waals surface area contributed by atoms with Gasteiger partial charge in [-0.1, -0.05) is 30.0 Å². The Balaban J connectivity index is 2.00. The Kier molecular flexibility index (Phi) is 4.36. The predicted octanol–water partition coefficient (Wildman–Crippen LogP) is 3.99. The Hall–Kier alpha value is -1.81. The summed E-state index contributed by atoms with van der Waals surface area (Å²) in [4.78, 5) is 4.20. The molecule has 1 heterocycles. The van der Waals surface area contributed by atoms with Crippen LogP contribution in [0.2, 0.25) is 0 Å². The molecule has 0 radical (unpaired) electrons. The molecule has 0 amide bonds. The maximum absolute atomic E-state index is 13.3. The topological polar surface area (TPSA) is 22.1 Å². The van der Waals surface area contributed by atoms with E-state index in [1.165, 1.54) is 17.8 Å². The first-order valence-corrected chi connectivity index (χ1v) is 6.25. The monoisotopic (exact) mass is 261 g/mol. The minimum absolute atomic E-state index is 0.225.